The Bertz CT molecular complexity index is 497. The Balaban J connectivity index is 3.25. The summed E-state index contributed by atoms with van der Waals surface area (Å²) in [4.78, 5) is 11.8. The van der Waals surface area contributed by atoms with E-state index in [4.69, 9.17) is 0 Å². The lowest BCUT2D eigenvalue weighted by molar-refractivity contribution is -0.147. The van der Waals surface area contributed by atoms with Gasteiger partial charge in [0.25, 0.3) is 0 Å². The molecule has 0 aliphatic heterocycles. The molecule has 1 rings (SSSR count). The highest BCUT2D eigenvalue weighted by Gasteiger charge is 2.38. The number of esters is 1. The molecule has 17 heavy (non-hydrogen) atoms. The average molecular weight is 257 g/mol. The van der Waals surface area contributed by atoms with Crippen molar-refractivity contribution < 1.29 is 17.9 Å². The fraction of sp³-hybridized carbons (Fsp3) is 0.364. The lowest BCUT2D eigenvalue weighted by Crippen LogP contribution is -2.49. The van der Waals surface area contributed by atoms with Crippen molar-refractivity contribution in [2.75, 3.05) is 13.4 Å². The summed E-state index contributed by atoms with van der Waals surface area (Å²) in [6.07, 6.45) is 0.997. The van der Waals surface area contributed by atoms with E-state index in [-0.39, 0.29) is 0 Å². The normalized spacial score (nSPS) is 15.0. The maximum absolute atomic E-state index is 11.8. The summed E-state index contributed by atoms with van der Waals surface area (Å²) in [5, 5.41) is 0. The quantitative estimate of drug-likeness (QED) is 0.803. The van der Waals surface area contributed by atoms with Gasteiger partial charge in [0, 0.05) is 0 Å². The van der Waals surface area contributed by atoms with Gasteiger partial charge >= 0.3 is 5.97 Å². The topological polar surface area (TPSA) is 72.5 Å². The van der Waals surface area contributed by atoms with Gasteiger partial charge < -0.3 is 4.74 Å². The standard InChI is InChI=1S/C11H15NO4S/c1-11(10(13)16-2,12-17(3,14)15)9-7-5-4-6-8-9/h4-8,12H,1-3H3/t11-/m1/s1. The average Bonchev–Trinajstić information content (AvgIpc) is 2.26. The van der Waals surface area contributed by atoms with Crippen LogP contribution in [0.2, 0.25) is 0 Å². The molecule has 0 aromatic heterocycles. The van der Waals surface area contributed by atoms with Crippen molar-refractivity contribution in [3.63, 3.8) is 0 Å². The van der Waals surface area contributed by atoms with Crippen molar-refractivity contribution in [2.24, 2.45) is 0 Å². The molecule has 0 unspecified atom stereocenters. The first-order valence-electron chi connectivity index (χ1n) is 4.92. The van der Waals surface area contributed by atoms with Gasteiger partial charge in [-0.25, -0.2) is 13.2 Å². The lowest BCUT2D eigenvalue weighted by Gasteiger charge is -2.27. The Labute approximate surface area is 101 Å². The van der Waals surface area contributed by atoms with Crippen LogP contribution in [0.4, 0.5) is 0 Å². The van der Waals surface area contributed by atoms with Crippen LogP contribution in [0.5, 0.6) is 0 Å². The molecule has 1 N–H and O–H groups in total. The van der Waals surface area contributed by atoms with Crippen LogP contribution < -0.4 is 4.72 Å². The van der Waals surface area contributed by atoms with E-state index >= 15 is 0 Å². The Morgan fingerprint density at radius 2 is 1.82 bits per heavy atom. The molecule has 0 radical (unpaired) electrons. The van der Waals surface area contributed by atoms with Crippen LogP contribution in [0.1, 0.15) is 12.5 Å². The van der Waals surface area contributed by atoms with Gasteiger partial charge in [-0.15, -0.1) is 0 Å². The molecular weight excluding hydrogens is 242 g/mol. The number of benzene rings is 1. The number of hydrogen-bond donors (Lipinski definition) is 1. The number of carbonyl (C=O) groups excluding carboxylic acids is 1. The molecule has 1 aromatic carbocycles. The first-order chi connectivity index (χ1) is 7.79. The molecular formula is C11H15NO4S. The van der Waals surface area contributed by atoms with Gasteiger partial charge in [-0.1, -0.05) is 30.3 Å². The van der Waals surface area contributed by atoms with Crippen LogP contribution in [0.25, 0.3) is 0 Å². The molecule has 1 aromatic rings. The Kier molecular flexibility index (Phi) is 3.90. The minimum absolute atomic E-state index is 0.525. The Morgan fingerprint density at radius 3 is 2.24 bits per heavy atom. The first-order valence-corrected chi connectivity index (χ1v) is 6.81. The third-order valence-corrected chi connectivity index (χ3v) is 3.11. The molecule has 0 bridgehead atoms. The van der Waals surface area contributed by atoms with Gasteiger partial charge in [-0.05, 0) is 12.5 Å². The van der Waals surface area contributed by atoms with Crippen LogP contribution in [0, 0.1) is 0 Å². The SMILES string of the molecule is COC(=O)[C@](C)(NS(C)(=O)=O)c1ccccc1. The number of methoxy groups -OCH3 is 1. The molecule has 0 fully saturated rings. The molecule has 0 amide bonds. The van der Waals surface area contributed by atoms with Gasteiger partial charge in [0.2, 0.25) is 10.0 Å². The zero-order chi connectivity index (χ0) is 13.1. The second-order valence-electron chi connectivity index (χ2n) is 3.86. The summed E-state index contributed by atoms with van der Waals surface area (Å²) >= 11 is 0. The minimum atomic E-state index is -3.54. The molecule has 1 atom stereocenters. The van der Waals surface area contributed by atoms with Gasteiger partial charge in [0.05, 0.1) is 13.4 Å². The molecule has 0 saturated carbocycles. The third-order valence-electron chi connectivity index (χ3n) is 2.33. The zero-order valence-corrected chi connectivity index (χ0v) is 10.7. The molecule has 0 saturated heterocycles. The Morgan fingerprint density at radius 1 is 1.29 bits per heavy atom. The van der Waals surface area contributed by atoms with E-state index in [1.807, 2.05) is 0 Å². The fourth-order valence-corrected chi connectivity index (χ4v) is 2.51. The molecule has 0 aliphatic rings. The fourth-order valence-electron chi connectivity index (χ4n) is 1.56. The van der Waals surface area contributed by atoms with Crippen molar-refractivity contribution in [1.29, 1.82) is 0 Å². The third kappa shape index (κ3) is 3.28. The molecule has 0 spiro atoms. The van der Waals surface area contributed by atoms with Gasteiger partial charge in [-0.2, -0.15) is 4.72 Å². The van der Waals surface area contributed by atoms with Crippen molar-refractivity contribution in [2.45, 2.75) is 12.5 Å². The lowest BCUT2D eigenvalue weighted by atomic mass is 9.93. The van der Waals surface area contributed by atoms with Crippen LogP contribution >= 0.6 is 0 Å². The number of nitrogens with one attached hydrogen (secondary N) is 1. The van der Waals surface area contributed by atoms with E-state index in [1.54, 1.807) is 30.3 Å². The second-order valence-corrected chi connectivity index (χ2v) is 5.61. The summed E-state index contributed by atoms with van der Waals surface area (Å²) < 4.78 is 29.6. The van der Waals surface area contributed by atoms with Crippen LogP contribution in [0.15, 0.2) is 30.3 Å². The van der Waals surface area contributed by atoms with Crippen molar-refractivity contribution in [3.8, 4) is 0 Å². The number of carbonyl (C=O) groups is 1. The monoisotopic (exact) mass is 257 g/mol. The van der Waals surface area contributed by atoms with Gasteiger partial charge in [0.1, 0.15) is 0 Å². The summed E-state index contributed by atoms with van der Waals surface area (Å²) in [5.41, 5.74) is -0.888. The molecule has 94 valence electrons. The predicted molar refractivity (Wildman–Crippen MR) is 63.8 cm³/mol. The summed E-state index contributed by atoms with van der Waals surface area (Å²) in [7, 11) is -2.32. The number of ether oxygens (including phenoxy) is 1. The predicted octanol–water partition coefficient (Wildman–Crippen LogP) is 0.624. The summed E-state index contributed by atoms with van der Waals surface area (Å²) in [6, 6.07) is 8.55. The van der Waals surface area contributed by atoms with E-state index in [2.05, 4.69) is 9.46 Å². The maximum atomic E-state index is 11.8. The zero-order valence-electron chi connectivity index (χ0n) is 9.93. The number of hydrogen-bond acceptors (Lipinski definition) is 4. The van der Waals surface area contributed by atoms with E-state index in [0.717, 1.165) is 6.26 Å². The highest BCUT2D eigenvalue weighted by atomic mass is 32.2. The number of rotatable bonds is 4. The van der Waals surface area contributed by atoms with E-state index < -0.39 is 21.5 Å². The van der Waals surface area contributed by atoms with Gasteiger partial charge in [-0.3, -0.25) is 0 Å². The Hall–Kier alpha value is -1.40. The van der Waals surface area contributed by atoms with E-state index in [1.165, 1.54) is 14.0 Å². The molecule has 5 nitrogen and oxygen atoms in total. The molecule has 0 aliphatic carbocycles. The van der Waals surface area contributed by atoms with Gasteiger partial charge in [0.15, 0.2) is 5.54 Å². The number of sulfonamides is 1. The molecule has 0 heterocycles. The van der Waals surface area contributed by atoms with E-state index in [9.17, 15) is 13.2 Å². The molecule has 6 heteroatoms. The summed E-state index contributed by atoms with van der Waals surface area (Å²) in [5.74, 6) is -0.658. The largest absolute Gasteiger partial charge is 0.467 e. The van der Waals surface area contributed by atoms with E-state index in [0.29, 0.717) is 5.56 Å². The van der Waals surface area contributed by atoms with Crippen molar-refractivity contribution >= 4 is 16.0 Å². The smallest absolute Gasteiger partial charge is 0.331 e. The van der Waals surface area contributed by atoms with Crippen LogP contribution in [0.3, 0.4) is 0 Å². The van der Waals surface area contributed by atoms with Crippen molar-refractivity contribution in [1.82, 2.24) is 4.72 Å². The minimum Gasteiger partial charge on any atom is -0.467 e. The highest BCUT2D eigenvalue weighted by Crippen LogP contribution is 2.22. The van der Waals surface area contributed by atoms with Crippen molar-refractivity contribution in [3.05, 3.63) is 35.9 Å². The van der Waals surface area contributed by atoms with Crippen LogP contribution in [-0.2, 0) is 25.1 Å². The summed E-state index contributed by atoms with van der Waals surface area (Å²) in [6.45, 7) is 1.47. The highest BCUT2D eigenvalue weighted by molar-refractivity contribution is 7.88. The second kappa shape index (κ2) is 4.85. The first kappa shape index (κ1) is 13.7. The maximum Gasteiger partial charge on any atom is 0.331 e. The van der Waals surface area contributed by atoms with Crippen LogP contribution in [-0.4, -0.2) is 27.8 Å².